The second-order valence-corrected chi connectivity index (χ2v) is 10.2. The molecule has 8 nitrogen and oxygen atoms in total. The zero-order chi connectivity index (χ0) is 23.4. The van der Waals surface area contributed by atoms with E-state index in [1.54, 1.807) is 35.9 Å². The summed E-state index contributed by atoms with van der Waals surface area (Å²) in [5.74, 6) is 1.44. The fourth-order valence-electron chi connectivity index (χ4n) is 3.74. The normalized spacial score (nSPS) is 14.6. The smallest absolute Gasteiger partial charge is 0.273 e. The summed E-state index contributed by atoms with van der Waals surface area (Å²) < 4.78 is 7.40. The summed E-state index contributed by atoms with van der Waals surface area (Å²) in [5.41, 5.74) is 1.09. The van der Waals surface area contributed by atoms with Gasteiger partial charge in [-0.2, -0.15) is 4.98 Å². The lowest BCUT2D eigenvalue weighted by Gasteiger charge is -2.29. The van der Waals surface area contributed by atoms with E-state index >= 15 is 0 Å². The number of amides is 1. The molecular weight excluding hydrogens is 458 g/mol. The van der Waals surface area contributed by atoms with E-state index in [0.29, 0.717) is 27.7 Å². The summed E-state index contributed by atoms with van der Waals surface area (Å²) in [6.07, 6.45) is 3.07. The largest absolute Gasteiger partial charge is 0.497 e. The summed E-state index contributed by atoms with van der Waals surface area (Å²) in [5, 5.41) is 4.26. The van der Waals surface area contributed by atoms with E-state index in [0.717, 1.165) is 49.2 Å². The van der Waals surface area contributed by atoms with Crippen molar-refractivity contribution in [2.45, 2.75) is 44.8 Å². The minimum Gasteiger partial charge on any atom is -0.497 e. The highest BCUT2D eigenvalue weighted by atomic mass is 32.2. The molecule has 0 unspecified atom stereocenters. The molecule has 1 saturated heterocycles. The first-order valence-electron chi connectivity index (χ1n) is 11.2. The Hall–Kier alpha value is -2.59. The topological polar surface area (TPSA) is 89.3 Å². The molecule has 0 atom stereocenters. The van der Waals surface area contributed by atoms with E-state index in [-0.39, 0.29) is 17.2 Å². The van der Waals surface area contributed by atoms with Gasteiger partial charge in [-0.15, -0.1) is 0 Å². The molecule has 3 heterocycles. The van der Waals surface area contributed by atoms with E-state index in [4.69, 9.17) is 4.74 Å². The molecule has 1 aromatic carbocycles. The average Bonchev–Trinajstić information content (AvgIpc) is 3.25. The monoisotopic (exact) mass is 487 g/mol. The molecular formula is C23H29N5O3S2. The van der Waals surface area contributed by atoms with Crippen LogP contribution in [0, 0.1) is 5.92 Å². The van der Waals surface area contributed by atoms with Gasteiger partial charge in [-0.3, -0.25) is 14.2 Å². The van der Waals surface area contributed by atoms with Crippen molar-refractivity contribution in [3.05, 3.63) is 34.6 Å². The van der Waals surface area contributed by atoms with Crippen molar-refractivity contribution in [3.63, 3.8) is 0 Å². The van der Waals surface area contributed by atoms with Gasteiger partial charge in [-0.1, -0.05) is 36.9 Å². The number of fused-ring (bicyclic) bond motifs is 1. The van der Waals surface area contributed by atoms with E-state index in [9.17, 15) is 9.59 Å². The summed E-state index contributed by atoms with van der Waals surface area (Å²) in [6.45, 7) is 6.76. The molecule has 1 amide bonds. The van der Waals surface area contributed by atoms with Crippen molar-refractivity contribution in [2.24, 2.45) is 5.92 Å². The third-order valence-corrected chi connectivity index (χ3v) is 7.75. The highest BCUT2D eigenvalue weighted by Gasteiger charge is 2.22. The molecule has 0 aliphatic carbocycles. The molecule has 4 rings (SSSR count). The quantitative estimate of drug-likeness (QED) is 0.375. The lowest BCUT2D eigenvalue weighted by molar-refractivity contribution is -0.113. The Morgan fingerprint density at radius 3 is 2.64 bits per heavy atom. The predicted molar refractivity (Wildman–Crippen MR) is 135 cm³/mol. The summed E-state index contributed by atoms with van der Waals surface area (Å²) in [6, 6.07) is 7.16. The van der Waals surface area contributed by atoms with E-state index in [1.807, 2.05) is 6.92 Å². The predicted octanol–water partition coefficient (Wildman–Crippen LogP) is 4.24. The number of benzene rings is 1. The van der Waals surface area contributed by atoms with Gasteiger partial charge in [-0.25, -0.2) is 4.98 Å². The van der Waals surface area contributed by atoms with Crippen LogP contribution in [0.3, 0.4) is 0 Å². The van der Waals surface area contributed by atoms with E-state index < -0.39 is 0 Å². The molecule has 3 aromatic rings. The number of hydrogen-bond acceptors (Lipinski definition) is 8. The molecule has 0 bridgehead atoms. The van der Waals surface area contributed by atoms with Crippen LogP contribution in [-0.4, -0.2) is 46.4 Å². The summed E-state index contributed by atoms with van der Waals surface area (Å²) in [7, 11) is 1.60. The van der Waals surface area contributed by atoms with Crippen molar-refractivity contribution >= 4 is 50.2 Å². The number of rotatable bonds is 8. The van der Waals surface area contributed by atoms with Crippen LogP contribution >= 0.6 is 23.1 Å². The summed E-state index contributed by atoms with van der Waals surface area (Å²) in [4.78, 5) is 37.4. The van der Waals surface area contributed by atoms with Gasteiger partial charge in [0.2, 0.25) is 5.91 Å². The number of thioether (sulfide) groups is 1. The van der Waals surface area contributed by atoms with Gasteiger partial charge in [-0.05, 0) is 49.4 Å². The average molecular weight is 488 g/mol. The van der Waals surface area contributed by atoms with Crippen LogP contribution in [0.1, 0.15) is 33.1 Å². The molecule has 1 N–H and O–H groups in total. The Morgan fingerprint density at radius 2 is 1.97 bits per heavy atom. The van der Waals surface area contributed by atoms with E-state index in [2.05, 4.69) is 27.1 Å². The fraction of sp³-hybridized carbons (Fsp3) is 0.478. The maximum Gasteiger partial charge on any atom is 0.273 e. The van der Waals surface area contributed by atoms with Crippen LogP contribution in [0.4, 0.5) is 10.8 Å². The van der Waals surface area contributed by atoms with Crippen LogP contribution in [0.25, 0.3) is 10.3 Å². The molecule has 0 radical (unpaired) electrons. The van der Waals surface area contributed by atoms with Gasteiger partial charge in [0.25, 0.3) is 5.56 Å². The number of aromatic nitrogens is 3. The number of carbonyl (C=O) groups excluding carboxylic acids is 1. The van der Waals surface area contributed by atoms with Crippen molar-refractivity contribution in [3.8, 4) is 5.75 Å². The first kappa shape index (κ1) is 23.6. The van der Waals surface area contributed by atoms with E-state index in [1.165, 1.54) is 23.1 Å². The minimum atomic E-state index is -0.163. The molecule has 1 aliphatic heterocycles. The fourth-order valence-corrected chi connectivity index (χ4v) is 5.56. The summed E-state index contributed by atoms with van der Waals surface area (Å²) >= 11 is 2.69. The zero-order valence-corrected chi connectivity index (χ0v) is 20.8. The Kier molecular flexibility index (Phi) is 7.54. The molecule has 0 spiro atoms. The molecule has 176 valence electrons. The Labute approximate surface area is 201 Å². The number of methoxy groups -OCH3 is 1. The molecule has 2 aromatic heterocycles. The second kappa shape index (κ2) is 10.6. The van der Waals surface area contributed by atoms with Crippen molar-refractivity contribution in [2.75, 3.05) is 36.2 Å². The zero-order valence-electron chi connectivity index (χ0n) is 19.2. The second-order valence-electron chi connectivity index (χ2n) is 8.24. The lowest BCUT2D eigenvalue weighted by atomic mass is 10.00. The Morgan fingerprint density at radius 1 is 1.24 bits per heavy atom. The SMILES string of the molecule is CCCn1c(SCC(=O)Nc2ccc(OC)cc2)nc2nc(N3CCC(C)CC3)sc2c1=O. The van der Waals surface area contributed by atoms with Crippen LogP contribution in [0.5, 0.6) is 5.75 Å². The number of ether oxygens (including phenoxy) is 1. The van der Waals surface area contributed by atoms with Gasteiger partial charge >= 0.3 is 0 Å². The highest BCUT2D eigenvalue weighted by Crippen LogP contribution is 2.30. The highest BCUT2D eigenvalue weighted by molar-refractivity contribution is 7.99. The van der Waals surface area contributed by atoms with Crippen LogP contribution < -0.4 is 20.5 Å². The van der Waals surface area contributed by atoms with Crippen LogP contribution in [-0.2, 0) is 11.3 Å². The van der Waals surface area contributed by atoms with Gasteiger partial charge in [0.1, 0.15) is 10.4 Å². The van der Waals surface area contributed by atoms with Crippen LogP contribution in [0.2, 0.25) is 0 Å². The maximum absolute atomic E-state index is 13.2. The lowest BCUT2D eigenvalue weighted by Crippen LogP contribution is -2.32. The number of nitrogens with zero attached hydrogens (tertiary/aromatic N) is 4. The molecule has 1 fully saturated rings. The maximum atomic E-state index is 13.2. The molecule has 0 saturated carbocycles. The van der Waals surface area contributed by atoms with Gasteiger partial charge in [0, 0.05) is 25.3 Å². The standard InChI is InChI=1S/C23H29N5O3S2/c1-4-11-28-21(30)19-20(25-22(33-19)27-12-9-15(2)10-13-27)26-23(28)32-14-18(29)24-16-5-7-17(31-3)8-6-16/h5-8,15H,4,9-14H2,1-3H3,(H,24,29). The third kappa shape index (κ3) is 5.50. The molecule has 10 heteroatoms. The Balaban J connectivity index is 1.52. The third-order valence-electron chi connectivity index (χ3n) is 5.68. The van der Waals surface area contributed by atoms with Crippen molar-refractivity contribution in [1.82, 2.24) is 14.5 Å². The first-order chi connectivity index (χ1) is 16.0. The van der Waals surface area contributed by atoms with Crippen molar-refractivity contribution < 1.29 is 9.53 Å². The Bertz CT molecular complexity index is 1170. The van der Waals surface area contributed by atoms with Gasteiger partial charge in [0.05, 0.1) is 12.9 Å². The number of nitrogens with one attached hydrogen (secondary N) is 1. The minimum absolute atomic E-state index is 0.0750. The molecule has 33 heavy (non-hydrogen) atoms. The van der Waals surface area contributed by atoms with Crippen molar-refractivity contribution in [1.29, 1.82) is 0 Å². The first-order valence-corrected chi connectivity index (χ1v) is 13.0. The number of hydrogen-bond donors (Lipinski definition) is 1. The number of thiazole rings is 1. The van der Waals surface area contributed by atoms with Gasteiger partial charge in [0.15, 0.2) is 15.9 Å². The number of piperidine rings is 1. The number of carbonyl (C=O) groups is 1. The van der Waals surface area contributed by atoms with Gasteiger partial charge < -0.3 is 15.0 Å². The number of anilines is 2. The van der Waals surface area contributed by atoms with Crippen LogP contribution in [0.15, 0.2) is 34.2 Å². The molecule has 1 aliphatic rings.